The summed E-state index contributed by atoms with van der Waals surface area (Å²) in [5.74, 6) is 1.51. The quantitative estimate of drug-likeness (QED) is 0.613. The predicted octanol–water partition coefficient (Wildman–Crippen LogP) is 1.94. The summed E-state index contributed by atoms with van der Waals surface area (Å²) in [5, 5.41) is 0. The first kappa shape index (κ1) is 13.4. The van der Waals surface area contributed by atoms with Gasteiger partial charge in [-0.2, -0.15) is 0 Å². The van der Waals surface area contributed by atoms with E-state index < -0.39 is 0 Å². The second-order valence-electron chi connectivity index (χ2n) is 5.48. The van der Waals surface area contributed by atoms with Crippen molar-refractivity contribution in [3.63, 3.8) is 0 Å². The standard InChI is InChI=1S/C14H25N3O/c15-14(12-6-2-3-7-12)16-9-8-13(18)17-10-4-1-5-11-17/h12H,1-11H2,(H2,15,16). The van der Waals surface area contributed by atoms with Gasteiger partial charge < -0.3 is 10.6 Å². The zero-order chi connectivity index (χ0) is 12.8. The summed E-state index contributed by atoms with van der Waals surface area (Å²) in [4.78, 5) is 18.3. The van der Waals surface area contributed by atoms with Crippen LogP contribution in [-0.4, -0.2) is 36.3 Å². The van der Waals surface area contributed by atoms with Crippen molar-refractivity contribution in [2.75, 3.05) is 19.6 Å². The van der Waals surface area contributed by atoms with Gasteiger partial charge in [0.1, 0.15) is 0 Å². The van der Waals surface area contributed by atoms with Crippen molar-refractivity contribution in [1.29, 1.82) is 0 Å². The Morgan fingerprint density at radius 2 is 1.78 bits per heavy atom. The predicted molar refractivity (Wildman–Crippen MR) is 73.5 cm³/mol. The average Bonchev–Trinajstić information content (AvgIpc) is 2.93. The lowest BCUT2D eigenvalue weighted by Crippen LogP contribution is -2.36. The van der Waals surface area contributed by atoms with Crippen LogP contribution in [0.25, 0.3) is 0 Å². The van der Waals surface area contributed by atoms with Crippen LogP contribution in [0.1, 0.15) is 51.4 Å². The van der Waals surface area contributed by atoms with Crippen molar-refractivity contribution < 1.29 is 4.79 Å². The highest BCUT2D eigenvalue weighted by molar-refractivity contribution is 5.83. The summed E-state index contributed by atoms with van der Waals surface area (Å²) in [5.41, 5.74) is 5.97. The van der Waals surface area contributed by atoms with Crippen LogP contribution in [0.5, 0.6) is 0 Å². The first-order chi connectivity index (χ1) is 8.77. The van der Waals surface area contributed by atoms with Crippen molar-refractivity contribution in [1.82, 2.24) is 4.90 Å². The lowest BCUT2D eigenvalue weighted by atomic mass is 10.1. The SMILES string of the molecule is NC(=NCCC(=O)N1CCCCC1)C1CCCC1. The number of nitrogens with two attached hydrogens (primary N) is 1. The summed E-state index contributed by atoms with van der Waals surface area (Å²) >= 11 is 0. The van der Waals surface area contributed by atoms with Gasteiger partial charge in [0.25, 0.3) is 0 Å². The van der Waals surface area contributed by atoms with Gasteiger partial charge in [0.2, 0.25) is 5.91 Å². The molecule has 0 radical (unpaired) electrons. The second kappa shape index (κ2) is 6.76. The molecule has 1 saturated heterocycles. The normalized spacial score (nSPS) is 22.4. The van der Waals surface area contributed by atoms with Crippen molar-refractivity contribution in [2.24, 2.45) is 16.6 Å². The Morgan fingerprint density at radius 1 is 1.11 bits per heavy atom. The molecule has 1 aliphatic carbocycles. The molecular weight excluding hydrogens is 226 g/mol. The van der Waals surface area contributed by atoms with Crippen LogP contribution in [0.2, 0.25) is 0 Å². The maximum absolute atomic E-state index is 11.9. The molecule has 2 rings (SSSR count). The number of carbonyl (C=O) groups excluding carboxylic acids is 1. The third-order valence-corrected chi connectivity index (χ3v) is 4.10. The van der Waals surface area contributed by atoms with Crippen LogP contribution < -0.4 is 5.73 Å². The number of piperidine rings is 1. The highest BCUT2D eigenvalue weighted by Gasteiger charge is 2.19. The molecule has 0 atom stereocenters. The van der Waals surface area contributed by atoms with Crippen LogP contribution in [-0.2, 0) is 4.79 Å². The van der Waals surface area contributed by atoms with Crippen LogP contribution in [0, 0.1) is 5.92 Å². The van der Waals surface area contributed by atoms with E-state index in [1.807, 2.05) is 4.90 Å². The van der Waals surface area contributed by atoms with E-state index in [4.69, 9.17) is 5.73 Å². The van der Waals surface area contributed by atoms with Crippen molar-refractivity contribution in [3.8, 4) is 0 Å². The van der Waals surface area contributed by atoms with E-state index in [1.54, 1.807) is 0 Å². The fourth-order valence-electron chi connectivity index (χ4n) is 2.93. The number of nitrogens with zero attached hydrogens (tertiary/aromatic N) is 2. The topological polar surface area (TPSA) is 58.7 Å². The fourth-order valence-corrected chi connectivity index (χ4v) is 2.93. The van der Waals surface area contributed by atoms with E-state index in [2.05, 4.69) is 4.99 Å². The highest BCUT2D eigenvalue weighted by Crippen LogP contribution is 2.24. The Bertz CT molecular complexity index is 302. The van der Waals surface area contributed by atoms with Gasteiger partial charge in [0.05, 0.1) is 5.84 Å². The minimum Gasteiger partial charge on any atom is -0.387 e. The van der Waals surface area contributed by atoms with Crippen molar-refractivity contribution in [3.05, 3.63) is 0 Å². The lowest BCUT2D eigenvalue weighted by Gasteiger charge is -2.26. The number of aliphatic imine (C=N–C) groups is 1. The zero-order valence-electron chi connectivity index (χ0n) is 11.2. The van der Waals surface area contributed by atoms with Crippen molar-refractivity contribution in [2.45, 2.75) is 51.4 Å². The van der Waals surface area contributed by atoms with Crippen LogP contribution in [0.3, 0.4) is 0 Å². The van der Waals surface area contributed by atoms with Gasteiger partial charge in [-0.3, -0.25) is 9.79 Å². The minimum absolute atomic E-state index is 0.248. The summed E-state index contributed by atoms with van der Waals surface area (Å²) in [6.07, 6.45) is 8.98. The first-order valence-corrected chi connectivity index (χ1v) is 7.35. The van der Waals surface area contributed by atoms with Gasteiger partial charge in [0.15, 0.2) is 0 Å². The molecule has 4 nitrogen and oxygen atoms in total. The molecule has 0 spiro atoms. The summed E-state index contributed by atoms with van der Waals surface area (Å²) in [6, 6.07) is 0. The van der Waals surface area contributed by atoms with Gasteiger partial charge in [-0.15, -0.1) is 0 Å². The van der Waals surface area contributed by atoms with Crippen LogP contribution in [0.15, 0.2) is 4.99 Å². The molecule has 0 aromatic heterocycles. The Labute approximate surface area is 110 Å². The second-order valence-corrected chi connectivity index (χ2v) is 5.48. The molecule has 2 aliphatic rings. The van der Waals surface area contributed by atoms with Gasteiger partial charge in [-0.1, -0.05) is 12.8 Å². The smallest absolute Gasteiger partial charge is 0.224 e. The number of likely N-dealkylation sites (tertiary alicyclic amines) is 1. The molecule has 0 aromatic rings. The largest absolute Gasteiger partial charge is 0.387 e. The molecule has 0 aromatic carbocycles. The molecule has 2 N–H and O–H groups in total. The van der Waals surface area contributed by atoms with Crippen LogP contribution >= 0.6 is 0 Å². The molecule has 0 unspecified atom stereocenters. The van der Waals surface area contributed by atoms with E-state index in [1.165, 1.54) is 32.1 Å². The molecule has 1 saturated carbocycles. The third-order valence-electron chi connectivity index (χ3n) is 4.10. The number of hydrogen-bond acceptors (Lipinski definition) is 2. The molecule has 18 heavy (non-hydrogen) atoms. The number of carbonyl (C=O) groups is 1. The molecule has 1 aliphatic heterocycles. The lowest BCUT2D eigenvalue weighted by molar-refractivity contribution is -0.131. The average molecular weight is 251 g/mol. The zero-order valence-corrected chi connectivity index (χ0v) is 11.2. The van der Waals surface area contributed by atoms with E-state index in [0.29, 0.717) is 18.9 Å². The minimum atomic E-state index is 0.248. The Morgan fingerprint density at radius 3 is 2.44 bits per heavy atom. The summed E-state index contributed by atoms with van der Waals surface area (Å²) in [6.45, 7) is 2.43. The molecular formula is C14H25N3O. The maximum atomic E-state index is 11.9. The summed E-state index contributed by atoms with van der Waals surface area (Å²) in [7, 11) is 0. The number of amidine groups is 1. The Hall–Kier alpha value is -1.06. The number of hydrogen-bond donors (Lipinski definition) is 1. The molecule has 2 fully saturated rings. The van der Waals surface area contributed by atoms with E-state index in [-0.39, 0.29) is 5.91 Å². The van der Waals surface area contributed by atoms with Gasteiger partial charge >= 0.3 is 0 Å². The van der Waals surface area contributed by atoms with Crippen molar-refractivity contribution >= 4 is 11.7 Å². The first-order valence-electron chi connectivity index (χ1n) is 7.35. The third kappa shape index (κ3) is 3.72. The van der Waals surface area contributed by atoms with E-state index in [9.17, 15) is 4.79 Å². The molecule has 102 valence electrons. The van der Waals surface area contributed by atoms with Crippen LogP contribution in [0.4, 0.5) is 0 Å². The molecule has 1 heterocycles. The van der Waals surface area contributed by atoms with Gasteiger partial charge in [0, 0.05) is 32.0 Å². The Balaban J connectivity index is 1.70. The van der Waals surface area contributed by atoms with Gasteiger partial charge in [-0.25, -0.2) is 0 Å². The maximum Gasteiger partial charge on any atom is 0.224 e. The molecule has 4 heteroatoms. The van der Waals surface area contributed by atoms with E-state index in [0.717, 1.165) is 31.8 Å². The number of amides is 1. The molecule has 0 bridgehead atoms. The fraction of sp³-hybridized carbons (Fsp3) is 0.857. The monoisotopic (exact) mass is 251 g/mol. The number of rotatable bonds is 4. The highest BCUT2D eigenvalue weighted by atomic mass is 16.2. The van der Waals surface area contributed by atoms with Gasteiger partial charge in [-0.05, 0) is 32.1 Å². The summed E-state index contributed by atoms with van der Waals surface area (Å²) < 4.78 is 0. The Kier molecular flexibility index (Phi) is 5.02. The van der Waals surface area contributed by atoms with E-state index >= 15 is 0 Å². The molecule has 1 amide bonds.